The summed E-state index contributed by atoms with van der Waals surface area (Å²) in [6.45, 7) is 7.91. The molecular weight excluding hydrogens is 166 g/mol. The standard InChI is InChI=1S/C9H13N3O/c1-4-10-9(13-5-2)8-7(3)11-6-12-8/h4,6H,1,5H2,2-3H3,(H,11,12). The third kappa shape index (κ3) is 2.18. The van der Waals surface area contributed by atoms with Crippen molar-refractivity contribution in [2.45, 2.75) is 13.8 Å². The molecule has 4 heteroatoms. The van der Waals surface area contributed by atoms with E-state index in [1.807, 2.05) is 13.8 Å². The van der Waals surface area contributed by atoms with Crippen LogP contribution in [0.3, 0.4) is 0 Å². The van der Waals surface area contributed by atoms with Gasteiger partial charge < -0.3 is 9.72 Å². The Labute approximate surface area is 77.4 Å². The molecule has 0 aliphatic rings. The molecule has 0 aliphatic heterocycles. The predicted molar refractivity (Wildman–Crippen MR) is 51.7 cm³/mol. The second kappa shape index (κ2) is 4.45. The van der Waals surface area contributed by atoms with Gasteiger partial charge in [-0.2, -0.15) is 0 Å². The summed E-state index contributed by atoms with van der Waals surface area (Å²) in [5.41, 5.74) is 1.68. The van der Waals surface area contributed by atoms with Gasteiger partial charge in [-0.15, -0.1) is 0 Å². The zero-order valence-electron chi connectivity index (χ0n) is 7.87. The third-order valence-electron chi connectivity index (χ3n) is 1.52. The molecule has 0 amide bonds. The largest absolute Gasteiger partial charge is 0.476 e. The van der Waals surface area contributed by atoms with E-state index in [-0.39, 0.29) is 0 Å². The molecule has 4 nitrogen and oxygen atoms in total. The average molecular weight is 179 g/mol. The average Bonchev–Trinajstić information content (AvgIpc) is 2.51. The first kappa shape index (κ1) is 9.51. The van der Waals surface area contributed by atoms with Crippen LogP contribution in [-0.4, -0.2) is 22.5 Å². The fourth-order valence-corrected chi connectivity index (χ4v) is 0.961. The van der Waals surface area contributed by atoms with Gasteiger partial charge in [-0.25, -0.2) is 9.98 Å². The Balaban J connectivity index is 2.95. The van der Waals surface area contributed by atoms with Crippen molar-refractivity contribution in [3.8, 4) is 0 Å². The van der Waals surface area contributed by atoms with E-state index in [4.69, 9.17) is 4.74 Å². The van der Waals surface area contributed by atoms with E-state index in [1.165, 1.54) is 6.20 Å². The number of nitrogens with zero attached hydrogens (tertiary/aromatic N) is 2. The van der Waals surface area contributed by atoms with E-state index >= 15 is 0 Å². The zero-order valence-corrected chi connectivity index (χ0v) is 7.87. The van der Waals surface area contributed by atoms with E-state index in [2.05, 4.69) is 21.5 Å². The van der Waals surface area contributed by atoms with Crippen molar-refractivity contribution in [2.24, 2.45) is 4.99 Å². The topological polar surface area (TPSA) is 50.3 Å². The third-order valence-corrected chi connectivity index (χ3v) is 1.52. The second-order valence-corrected chi connectivity index (χ2v) is 2.43. The highest BCUT2D eigenvalue weighted by atomic mass is 16.5. The highest BCUT2D eigenvalue weighted by Crippen LogP contribution is 2.04. The number of nitrogens with one attached hydrogen (secondary N) is 1. The number of hydrogen-bond donors (Lipinski definition) is 1. The Morgan fingerprint density at radius 3 is 3.08 bits per heavy atom. The number of aryl methyl sites for hydroxylation is 1. The first-order valence-corrected chi connectivity index (χ1v) is 4.11. The van der Waals surface area contributed by atoms with Crippen molar-refractivity contribution in [2.75, 3.05) is 6.61 Å². The highest BCUT2D eigenvalue weighted by Gasteiger charge is 2.09. The van der Waals surface area contributed by atoms with Crippen molar-refractivity contribution in [3.63, 3.8) is 0 Å². The highest BCUT2D eigenvalue weighted by molar-refractivity contribution is 5.93. The van der Waals surface area contributed by atoms with Gasteiger partial charge in [0.05, 0.1) is 12.9 Å². The number of hydrogen-bond acceptors (Lipinski definition) is 3. The Hall–Kier alpha value is -1.58. The first-order valence-electron chi connectivity index (χ1n) is 4.11. The van der Waals surface area contributed by atoms with Crippen LogP contribution in [0.4, 0.5) is 0 Å². The molecule has 1 rings (SSSR count). The van der Waals surface area contributed by atoms with Gasteiger partial charge in [0.25, 0.3) is 0 Å². The lowest BCUT2D eigenvalue weighted by Gasteiger charge is -2.03. The molecule has 0 saturated carbocycles. The Morgan fingerprint density at radius 1 is 1.85 bits per heavy atom. The summed E-state index contributed by atoms with van der Waals surface area (Å²) in [6, 6.07) is 0. The van der Waals surface area contributed by atoms with E-state index in [1.54, 1.807) is 6.33 Å². The quantitative estimate of drug-likeness (QED) is 0.566. The number of ether oxygens (including phenoxy) is 1. The summed E-state index contributed by atoms with van der Waals surface area (Å²) >= 11 is 0. The first-order chi connectivity index (χ1) is 6.29. The van der Waals surface area contributed by atoms with E-state index in [0.717, 1.165) is 11.4 Å². The number of aliphatic imine (C=N–C) groups is 1. The zero-order chi connectivity index (χ0) is 9.68. The smallest absolute Gasteiger partial charge is 0.241 e. The number of H-pyrrole nitrogens is 1. The van der Waals surface area contributed by atoms with Crippen LogP contribution in [0.1, 0.15) is 18.3 Å². The van der Waals surface area contributed by atoms with Gasteiger partial charge in [-0.1, -0.05) is 6.58 Å². The van der Waals surface area contributed by atoms with Crippen LogP contribution in [0.2, 0.25) is 0 Å². The molecule has 0 aromatic carbocycles. The molecule has 0 radical (unpaired) electrons. The van der Waals surface area contributed by atoms with Gasteiger partial charge in [-0.3, -0.25) is 0 Å². The monoisotopic (exact) mass is 179 g/mol. The molecule has 0 aliphatic carbocycles. The van der Waals surface area contributed by atoms with Crippen LogP contribution in [0, 0.1) is 6.92 Å². The molecule has 0 fully saturated rings. The Kier molecular flexibility index (Phi) is 3.25. The molecular formula is C9H13N3O. The molecule has 0 bridgehead atoms. The van der Waals surface area contributed by atoms with E-state index in [0.29, 0.717) is 12.5 Å². The maximum absolute atomic E-state index is 5.30. The Bertz CT molecular complexity index is 314. The number of rotatable bonds is 3. The van der Waals surface area contributed by atoms with E-state index in [9.17, 15) is 0 Å². The van der Waals surface area contributed by atoms with E-state index < -0.39 is 0 Å². The summed E-state index contributed by atoms with van der Waals surface area (Å²) < 4.78 is 5.30. The predicted octanol–water partition coefficient (Wildman–Crippen LogP) is 1.64. The van der Waals surface area contributed by atoms with Crippen LogP contribution < -0.4 is 0 Å². The van der Waals surface area contributed by atoms with Gasteiger partial charge in [0.1, 0.15) is 5.69 Å². The molecule has 1 N–H and O–H groups in total. The summed E-state index contributed by atoms with van der Waals surface area (Å²) in [5, 5.41) is 0. The normalized spacial score (nSPS) is 11.4. The molecule has 0 atom stereocenters. The van der Waals surface area contributed by atoms with Gasteiger partial charge >= 0.3 is 0 Å². The van der Waals surface area contributed by atoms with Crippen molar-refractivity contribution >= 4 is 5.90 Å². The molecule has 0 unspecified atom stereocenters. The summed E-state index contributed by atoms with van der Waals surface area (Å²) in [4.78, 5) is 11.0. The fourth-order valence-electron chi connectivity index (χ4n) is 0.961. The van der Waals surface area contributed by atoms with Crippen molar-refractivity contribution in [1.82, 2.24) is 9.97 Å². The minimum absolute atomic E-state index is 0.510. The van der Waals surface area contributed by atoms with Crippen molar-refractivity contribution in [3.05, 3.63) is 30.5 Å². The molecule has 13 heavy (non-hydrogen) atoms. The second-order valence-electron chi connectivity index (χ2n) is 2.43. The van der Waals surface area contributed by atoms with Crippen LogP contribution >= 0.6 is 0 Å². The minimum Gasteiger partial charge on any atom is -0.476 e. The van der Waals surface area contributed by atoms with Crippen LogP contribution in [-0.2, 0) is 4.74 Å². The molecule has 1 aromatic rings. The Morgan fingerprint density at radius 2 is 2.62 bits per heavy atom. The maximum atomic E-state index is 5.30. The molecule has 0 saturated heterocycles. The number of imidazole rings is 1. The molecule has 1 aromatic heterocycles. The van der Waals surface area contributed by atoms with Gasteiger partial charge in [0.15, 0.2) is 0 Å². The van der Waals surface area contributed by atoms with Crippen LogP contribution in [0.5, 0.6) is 0 Å². The van der Waals surface area contributed by atoms with Crippen LogP contribution in [0.25, 0.3) is 0 Å². The number of aromatic amines is 1. The van der Waals surface area contributed by atoms with Crippen molar-refractivity contribution in [1.29, 1.82) is 0 Å². The fraction of sp³-hybridized carbons (Fsp3) is 0.333. The van der Waals surface area contributed by atoms with Crippen LogP contribution in [0.15, 0.2) is 24.1 Å². The minimum atomic E-state index is 0.510. The summed E-state index contributed by atoms with van der Waals surface area (Å²) in [7, 11) is 0. The van der Waals surface area contributed by atoms with Gasteiger partial charge in [0.2, 0.25) is 5.90 Å². The lowest BCUT2D eigenvalue weighted by atomic mass is 10.3. The molecule has 70 valence electrons. The lowest BCUT2D eigenvalue weighted by Crippen LogP contribution is -2.08. The van der Waals surface area contributed by atoms with Crippen molar-refractivity contribution < 1.29 is 4.74 Å². The molecule has 1 heterocycles. The maximum Gasteiger partial charge on any atom is 0.241 e. The van der Waals surface area contributed by atoms with Gasteiger partial charge in [0, 0.05) is 11.9 Å². The van der Waals surface area contributed by atoms with Gasteiger partial charge in [-0.05, 0) is 13.8 Å². The number of aromatic nitrogens is 2. The lowest BCUT2D eigenvalue weighted by molar-refractivity contribution is 0.327. The summed E-state index contributed by atoms with van der Waals surface area (Å²) in [5.74, 6) is 0.510. The SMILES string of the molecule is C=CN=C(OCC)c1nc[nH]c1C. The molecule has 0 spiro atoms. The summed E-state index contributed by atoms with van der Waals surface area (Å²) in [6.07, 6.45) is 3.06.